The summed E-state index contributed by atoms with van der Waals surface area (Å²) in [5, 5.41) is 14.2. The molecule has 9 heteroatoms. The Labute approximate surface area is 180 Å². The van der Waals surface area contributed by atoms with E-state index in [1.165, 1.54) is 24.3 Å². The van der Waals surface area contributed by atoms with Crippen LogP contribution in [0.3, 0.4) is 0 Å². The lowest BCUT2D eigenvalue weighted by Gasteiger charge is -2.25. The van der Waals surface area contributed by atoms with Gasteiger partial charge in [-0.1, -0.05) is 60.7 Å². The molecule has 3 aromatic rings. The second-order valence-corrected chi connectivity index (χ2v) is 8.60. The summed E-state index contributed by atoms with van der Waals surface area (Å²) in [5.74, 6) is -0.539. The van der Waals surface area contributed by atoms with Gasteiger partial charge in [0.2, 0.25) is 5.91 Å². The van der Waals surface area contributed by atoms with Crippen molar-refractivity contribution < 1.29 is 18.1 Å². The summed E-state index contributed by atoms with van der Waals surface area (Å²) in [6.45, 7) is 1.26. The van der Waals surface area contributed by atoms with E-state index in [0.29, 0.717) is 0 Å². The molecule has 0 heterocycles. The molecule has 0 bridgehead atoms. The van der Waals surface area contributed by atoms with E-state index in [1.807, 2.05) is 30.3 Å². The Morgan fingerprint density at radius 3 is 2.13 bits per heavy atom. The lowest BCUT2D eigenvalue weighted by atomic mass is 10.1. The number of hydrogen-bond acceptors (Lipinski definition) is 5. The lowest BCUT2D eigenvalue weighted by molar-refractivity contribution is -0.387. The number of sulfonamides is 1. The van der Waals surface area contributed by atoms with Gasteiger partial charge in [0.1, 0.15) is 6.54 Å². The number of nitrogens with one attached hydrogen (secondary N) is 1. The highest BCUT2D eigenvalue weighted by Gasteiger charge is 2.33. The molecule has 0 aliphatic rings. The van der Waals surface area contributed by atoms with Crippen molar-refractivity contribution in [1.29, 1.82) is 0 Å². The molecule has 0 spiro atoms. The Kier molecular flexibility index (Phi) is 6.66. The van der Waals surface area contributed by atoms with Gasteiger partial charge >= 0.3 is 0 Å². The molecule has 0 aromatic heterocycles. The zero-order valence-electron chi connectivity index (χ0n) is 16.7. The molecule has 3 rings (SSSR count). The molecule has 0 aliphatic heterocycles. The van der Waals surface area contributed by atoms with E-state index in [4.69, 9.17) is 0 Å². The second-order valence-electron chi connectivity index (χ2n) is 6.77. The highest BCUT2D eigenvalue weighted by molar-refractivity contribution is 7.93. The minimum atomic E-state index is -4.39. The van der Waals surface area contributed by atoms with Crippen LogP contribution in [0, 0.1) is 10.1 Å². The van der Waals surface area contributed by atoms with E-state index >= 15 is 0 Å². The lowest BCUT2D eigenvalue weighted by Crippen LogP contribution is -2.41. The van der Waals surface area contributed by atoms with Gasteiger partial charge < -0.3 is 5.32 Å². The molecule has 8 nitrogen and oxygen atoms in total. The number of nitro groups is 1. The largest absolute Gasteiger partial charge is 0.348 e. The van der Waals surface area contributed by atoms with Crippen molar-refractivity contribution in [3.05, 3.63) is 101 Å². The zero-order valence-corrected chi connectivity index (χ0v) is 17.5. The van der Waals surface area contributed by atoms with Gasteiger partial charge in [-0.05, 0) is 30.7 Å². The van der Waals surface area contributed by atoms with Crippen molar-refractivity contribution in [2.75, 3.05) is 10.8 Å². The maximum atomic E-state index is 13.4. The van der Waals surface area contributed by atoms with Crippen molar-refractivity contribution in [1.82, 2.24) is 5.32 Å². The van der Waals surface area contributed by atoms with Gasteiger partial charge in [0.25, 0.3) is 15.7 Å². The molecular formula is C22H21N3O5S. The zero-order chi connectivity index (χ0) is 22.4. The summed E-state index contributed by atoms with van der Waals surface area (Å²) in [6.07, 6.45) is 0. The normalized spacial score (nSPS) is 12.0. The fraction of sp³-hybridized carbons (Fsp3) is 0.136. The fourth-order valence-corrected chi connectivity index (χ4v) is 4.68. The predicted molar refractivity (Wildman–Crippen MR) is 117 cm³/mol. The highest BCUT2D eigenvalue weighted by Crippen LogP contribution is 2.29. The summed E-state index contributed by atoms with van der Waals surface area (Å²) in [4.78, 5) is 22.9. The SMILES string of the molecule is CC(NC(=O)CN(c1ccccc1)S(=O)(=O)c1ccccc1[N+](=O)[O-])c1ccccc1. The average Bonchev–Trinajstić information content (AvgIpc) is 2.78. The maximum absolute atomic E-state index is 13.4. The number of rotatable bonds is 8. The van der Waals surface area contributed by atoms with Crippen LogP contribution in [0.15, 0.2) is 89.8 Å². The number of carbonyl (C=O) groups excluding carboxylic acids is 1. The molecule has 0 radical (unpaired) electrons. The Balaban J connectivity index is 1.95. The minimum Gasteiger partial charge on any atom is -0.348 e. The minimum absolute atomic E-state index is 0.225. The highest BCUT2D eigenvalue weighted by atomic mass is 32.2. The van der Waals surface area contributed by atoms with Crippen LogP contribution in [0.2, 0.25) is 0 Å². The molecule has 1 unspecified atom stereocenters. The number of nitrogens with zero attached hydrogens (tertiary/aromatic N) is 2. The third kappa shape index (κ3) is 5.07. The fourth-order valence-electron chi connectivity index (χ4n) is 3.10. The van der Waals surface area contributed by atoms with Crippen molar-refractivity contribution in [3.63, 3.8) is 0 Å². The summed E-state index contributed by atoms with van der Waals surface area (Å²) < 4.78 is 27.7. The van der Waals surface area contributed by atoms with E-state index in [2.05, 4.69) is 5.32 Å². The Hall–Kier alpha value is -3.72. The standard InChI is InChI=1S/C22H21N3O5S/c1-17(18-10-4-2-5-11-18)23-22(26)16-24(19-12-6-3-7-13-19)31(29,30)21-15-9-8-14-20(21)25(27)28/h2-15,17H,16H2,1H3,(H,23,26). The molecule has 0 aliphatic carbocycles. The summed E-state index contributed by atoms with van der Waals surface area (Å²) >= 11 is 0. The van der Waals surface area contributed by atoms with E-state index in [0.717, 1.165) is 22.0 Å². The molecule has 0 fully saturated rings. The number of benzene rings is 3. The van der Waals surface area contributed by atoms with Crippen LogP contribution < -0.4 is 9.62 Å². The topological polar surface area (TPSA) is 110 Å². The van der Waals surface area contributed by atoms with Crippen LogP contribution in [-0.2, 0) is 14.8 Å². The van der Waals surface area contributed by atoms with Gasteiger partial charge in [0.15, 0.2) is 4.90 Å². The first kappa shape index (κ1) is 22.0. The van der Waals surface area contributed by atoms with Gasteiger partial charge in [-0.15, -0.1) is 0 Å². The first-order valence-corrected chi connectivity index (χ1v) is 10.9. The Morgan fingerprint density at radius 2 is 1.52 bits per heavy atom. The number of para-hydroxylation sites is 2. The molecule has 1 N–H and O–H groups in total. The van der Waals surface area contributed by atoms with Gasteiger partial charge in [0.05, 0.1) is 16.7 Å². The quantitative estimate of drug-likeness (QED) is 0.425. The van der Waals surface area contributed by atoms with Crippen LogP contribution in [-0.4, -0.2) is 25.8 Å². The van der Waals surface area contributed by atoms with Crippen molar-refractivity contribution in [2.45, 2.75) is 17.9 Å². The molecule has 1 atom stereocenters. The van der Waals surface area contributed by atoms with Crippen LogP contribution in [0.1, 0.15) is 18.5 Å². The van der Waals surface area contributed by atoms with E-state index in [1.54, 1.807) is 25.1 Å². The van der Waals surface area contributed by atoms with Crippen LogP contribution in [0.5, 0.6) is 0 Å². The number of carbonyl (C=O) groups is 1. The molecule has 0 saturated carbocycles. The second kappa shape index (κ2) is 9.40. The maximum Gasteiger partial charge on any atom is 0.289 e. The molecule has 3 aromatic carbocycles. The first-order valence-electron chi connectivity index (χ1n) is 9.46. The average molecular weight is 439 g/mol. The number of nitro benzene ring substituents is 1. The predicted octanol–water partition coefficient (Wildman–Crippen LogP) is 3.67. The first-order chi connectivity index (χ1) is 14.8. The summed E-state index contributed by atoms with van der Waals surface area (Å²) in [7, 11) is -4.39. The molecule has 160 valence electrons. The molecule has 0 saturated heterocycles. The van der Waals surface area contributed by atoms with Gasteiger partial charge in [0, 0.05) is 6.07 Å². The van der Waals surface area contributed by atoms with Crippen molar-refractivity contribution in [3.8, 4) is 0 Å². The molecule has 1 amide bonds. The summed E-state index contributed by atoms with van der Waals surface area (Å²) in [5.41, 5.74) is 0.535. The third-order valence-corrected chi connectivity index (χ3v) is 6.46. The van der Waals surface area contributed by atoms with Gasteiger partial charge in [-0.3, -0.25) is 19.2 Å². The Bertz CT molecular complexity index is 1170. The summed E-state index contributed by atoms with van der Waals surface area (Å²) in [6, 6.07) is 22.0. The smallest absolute Gasteiger partial charge is 0.289 e. The van der Waals surface area contributed by atoms with E-state index < -0.39 is 38.0 Å². The van der Waals surface area contributed by atoms with Crippen LogP contribution >= 0.6 is 0 Å². The van der Waals surface area contributed by atoms with Crippen LogP contribution in [0.4, 0.5) is 11.4 Å². The van der Waals surface area contributed by atoms with E-state index in [-0.39, 0.29) is 11.7 Å². The van der Waals surface area contributed by atoms with Crippen molar-refractivity contribution >= 4 is 27.3 Å². The van der Waals surface area contributed by atoms with Gasteiger partial charge in [-0.2, -0.15) is 0 Å². The van der Waals surface area contributed by atoms with Gasteiger partial charge in [-0.25, -0.2) is 8.42 Å². The molecular weight excluding hydrogens is 418 g/mol. The number of anilines is 1. The Morgan fingerprint density at radius 1 is 0.968 bits per heavy atom. The van der Waals surface area contributed by atoms with E-state index in [9.17, 15) is 23.3 Å². The monoisotopic (exact) mass is 439 g/mol. The molecule has 31 heavy (non-hydrogen) atoms. The number of hydrogen-bond donors (Lipinski definition) is 1. The van der Waals surface area contributed by atoms with Crippen LogP contribution in [0.25, 0.3) is 0 Å². The van der Waals surface area contributed by atoms with Crippen molar-refractivity contribution in [2.24, 2.45) is 0 Å². The number of amides is 1. The third-order valence-electron chi connectivity index (χ3n) is 4.64.